The van der Waals surface area contributed by atoms with Crippen molar-refractivity contribution in [2.24, 2.45) is 5.73 Å². The molecule has 0 amide bonds. The van der Waals surface area contributed by atoms with Gasteiger partial charge in [-0.3, -0.25) is 0 Å². The fraction of sp³-hybridized carbons (Fsp3) is 0.250. The minimum absolute atomic E-state index is 0.544. The van der Waals surface area contributed by atoms with Crippen LogP contribution in [0.2, 0.25) is 5.02 Å². The number of nitrogens with zero attached hydrogens (tertiary/aromatic N) is 1. The first-order valence-corrected chi connectivity index (χ1v) is 6.84. The zero-order valence-corrected chi connectivity index (χ0v) is 12.5. The summed E-state index contributed by atoms with van der Waals surface area (Å²) in [5.41, 5.74) is 8.98. The van der Waals surface area contributed by atoms with Crippen molar-refractivity contribution in [1.82, 2.24) is 0 Å². The third kappa shape index (κ3) is 3.44. The van der Waals surface area contributed by atoms with E-state index in [-0.39, 0.29) is 0 Å². The number of rotatable bonds is 5. The van der Waals surface area contributed by atoms with E-state index < -0.39 is 0 Å². The van der Waals surface area contributed by atoms with Crippen molar-refractivity contribution in [2.45, 2.75) is 13.1 Å². The van der Waals surface area contributed by atoms with Gasteiger partial charge in [0.2, 0.25) is 0 Å². The molecule has 2 aromatic carbocycles. The highest BCUT2D eigenvalue weighted by atomic mass is 35.5. The summed E-state index contributed by atoms with van der Waals surface area (Å²) in [6.07, 6.45) is 0. The Morgan fingerprint density at radius 3 is 2.70 bits per heavy atom. The van der Waals surface area contributed by atoms with Crippen molar-refractivity contribution in [2.75, 3.05) is 19.1 Å². The molecule has 4 heteroatoms. The van der Waals surface area contributed by atoms with Crippen LogP contribution in [0.1, 0.15) is 11.1 Å². The zero-order valence-electron chi connectivity index (χ0n) is 11.8. The van der Waals surface area contributed by atoms with Gasteiger partial charge in [-0.1, -0.05) is 23.7 Å². The molecule has 0 radical (unpaired) electrons. The van der Waals surface area contributed by atoms with E-state index >= 15 is 0 Å². The molecule has 2 rings (SSSR count). The molecule has 0 bridgehead atoms. The average molecular weight is 291 g/mol. The van der Waals surface area contributed by atoms with Crippen LogP contribution in [0.4, 0.5) is 5.69 Å². The predicted molar refractivity (Wildman–Crippen MR) is 84.4 cm³/mol. The molecule has 0 saturated carbocycles. The number of anilines is 1. The van der Waals surface area contributed by atoms with Crippen LogP contribution in [-0.4, -0.2) is 14.2 Å². The molecular formula is C16H19ClN2O. The standard InChI is InChI=1S/C16H19ClN2O/c1-19(15-5-3-4-12(8-15)10-18)11-13-9-14(17)6-7-16(13)20-2/h3-9H,10-11,18H2,1-2H3. The Hall–Kier alpha value is -1.71. The van der Waals surface area contributed by atoms with E-state index in [0.29, 0.717) is 11.6 Å². The summed E-state index contributed by atoms with van der Waals surface area (Å²) < 4.78 is 5.38. The summed E-state index contributed by atoms with van der Waals surface area (Å²) in [5, 5.41) is 0.713. The number of halogens is 1. The second-order valence-corrected chi connectivity index (χ2v) is 5.12. The van der Waals surface area contributed by atoms with Gasteiger partial charge in [-0.15, -0.1) is 0 Å². The van der Waals surface area contributed by atoms with Crippen LogP contribution >= 0.6 is 11.6 Å². The van der Waals surface area contributed by atoms with Gasteiger partial charge in [-0.05, 0) is 35.9 Å². The molecule has 0 aliphatic heterocycles. The second-order valence-electron chi connectivity index (χ2n) is 4.69. The van der Waals surface area contributed by atoms with Gasteiger partial charge in [0.15, 0.2) is 0 Å². The molecule has 0 aliphatic carbocycles. The van der Waals surface area contributed by atoms with E-state index in [1.165, 1.54) is 0 Å². The topological polar surface area (TPSA) is 38.5 Å². The van der Waals surface area contributed by atoms with Gasteiger partial charge < -0.3 is 15.4 Å². The fourth-order valence-corrected chi connectivity index (χ4v) is 2.33. The predicted octanol–water partition coefficient (Wildman–Crippen LogP) is 3.44. The Balaban J connectivity index is 2.22. The number of ether oxygens (including phenoxy) is 1. The summed E-state index contributed by atoms with van der Waals surface area (Å²) in [4.78, 5) is 2.15. The summed E-state index contributed by atoms with van der Waals surface area (Å²) in [7, 11) is 3.71. The SMILES string of the molecule is COc1ccc(Cl)cc1CN(C)c1cccc(CN)c1. The number of hydrogen-bond acceptors (Lipinski definition) is 3. The van der Waals surface area contributed by atoms with Crippen LogP contribution in [0.25, 0.3) is 0 Å². The van der Waals surface area contributed by atoms with Crippen LogP contribution in [0.3, 0.4) is 0 Å². The van der Waals surface area contributed by atoms with Crippen LogP contribution in [0.5, 0.6) is 5.75 Å². The number of benzene rings is 2. The van der Waals surface area contributed by atoms with Crippen molar-refractivity contribution >= 4 is 17.3 Å². The third-order valence-electron chi connectivity index (χ3n) is 3.24. The van der Waals surface area contributed by atoms with Crippen LogP contribution in [0, 0.1) is 0 Å². The van der Waals surface area contributed by atoms with E-state index in [9.17, 15) is 0 Å². The molecule has 0 atom stereocenters. The Labute approximate surface area is 124 Å². The van der Waals surface area contributed by atoms with E-state index in [1.807, 2.05) is 37.4 Å². The number of hydrogen-bond donors (Lipinski definition) is 1. The van der Waals surface area contributed by atoms with Gasteiger partial charge in [0.25, 0.3) is 0 Å². The van der Waals surface area contributed by atoms with Crippen LogP contribution < -0.4 is 15.4 Å². The molecule has 20 heavy (non-hydrogen) atoms. The van der Waals surface area contributed by atoms with Gasteiger partial charge in [-0.2, -0.15) is 0 Å². The lowest BCUT2D eigenvalue weighted by molar-refractivity contribution is 0.409. The molecular weight excluding hydrogens is 272 g/mol. The summed E-state index contributed by atoms with van der Waals surface area (Å²) >= 11 is 6.06. The van der Waals surface area contributed by atoms with E-state index in [0.717, 1.165) is 29.1 Å². The van der Waals surface area contributed by atoms with E-state index in [1.54, 1.807) is 7.11 Å². The highest BCUT2D eigenvalue weighted by Gasteiger charge is 2.08. The van der Waals surface area contributed by atoms with Gasteiger partial charge >= 0.3 is 0 Å². The van der Waals surface area contributed by atoms with Crippen molar-refractivity contribution < 1.29 is 4.74 Å². The quantitative estimate of drug-likeness (QED) is 0.917. The van der Waals surface area contributed by atoms with Gasteiger partial charge in [-0.25, -0.2) is 0 Å². The van der Waals surface area contributed by atoms with E-state index in [4.69, 9.17) is 22.1 Å². The van der Waals surface area contributed by atoms with Crippen molar-refractivity contribution in [3.05, 3.63) is 58.6 Å². The summed E-state index contributed by atoms with van der Waals surface area (Å²) in [5.74, 6) is 0.844. The molecule has 106 valence electrons. The number of methoxy groups -OCH3 is 1. The molecule has 0 aromatic heterocycles. The van der Waals surface area contributed by atoms with Crippen LogP contribution in [0.15, 0.2) is 42.5 Å². The van der Waals surface area contributed by atoms with E-state index in [2.05, 4.69) is 17.0 Å². The maximum absolute atomic E-state index is 6.06. The van der Waals surface area contributed by atoms with Crippen molar-refractivity contribution in [3.8, 4) is 5.75 Å². The summed E-state index contributed by atoms with van der Waals surface area (Å²) in [6, 6.07) is 13.9. The van der Waals surface area contributed by atoms with Gasteiger partial charge in [0.1, 0.15) is 5.75 Å². The molecule has 0 spiro atoms. The van der Waals surface area contributed by atoms with Crippen molar-refractivity contribution in [3.63, 3.8) is 0 Å². The Morgan fingerprint density at radius 2 is 2.00 bits per heavy atom. The highest BCUT2D eigenvalue weighted by molar-refractivity contribution is 6.30. The molecule has 2 N–H and O–H groups in total. The molecule has 0 saturated heterocycles. The fourth-order valence-electron chi connectivity index (χ4n) is 2.14. The lowest BCUT2D eigenvalue weighted by atomic mass is 10.1. The minimum Gasteiger partial charge on any atom is -0.496 e. The highest BCUT2D eigenvalue weighted by Crippen LogP contribution is 2.25. The first-order chi connectivity index (χ1) is 9.63. The first-order valence-electron chi connectivity index (χ1n) is 6.46. The Kier molecular flexibility index (Phi) is 4.88. The second kappa shape index (κ2) is 6.64. The average Bonchev–Trinajstić information content (AvgIpc) is 2.47. The largest absolute Gasteiger partial charge is 0.496 e. The van der Waals surface area contributed by atoms with Gasteiger partial charge in [0, 0.05) is 36.4 Å². The molecule has 0 aliphatic rings. The summed E-state index contributed by atoms with van der Waals surface area (Å²) in [6.45, 7) is 1.26. The lowest BCUT2D eigenvalue weighted by Gasteiger charge is -2.21. The minimum atomic E-state index is 0.544. The molecule has 0 unspecified atom stereocenters. The molecule has 0 heterocycles. The Morgan fingerprint density at radius 1 is 1.20 bits per heavy atom. The normalized spacial score (nSPS) is 10.4. The Bertz CT molecular complexity index is 586. The maximum atomic E-state index is 6.06. The lowest BCUT2D eigenvalue weighted by Crippen LogP contribution is -2.17. The zero-order chi connectivity index (χ0) is 14.5. The van der Waals surface area contributed by atoms with Crippen molar-refractivity contribution in [1.29, 1.82) is 0 Å². The smallest absolute Gasteiger partial charge is 0.123 e. The molecule has 0 fully saturated rings. The molecule has 3 nitrogen and oxygen atoms in total. The molecule has 2 aromatic rings. The first kappa shape index (κ1) is 14.7. The van der Waals surface area contributed by atoms with Gasteiger partial charge in [0.05, 0.1) is 7.11 Å². The number of nitrogens with two attached hydrogens (primary N) is 1. The maximum Gasteiger partial charge on any atom is 0.123 e. The third-order valence-corrected chi connectivity index (χ3v) is 3.47. The monoisotopic (exact) mass is 290 g/mol. The van der Waals surface area contributed by atoms with Crippen LogP contribution in [-0.2, 0) is 13.1 Å².